The largest absolute Gasteiger partial charge is 0.404 e. The summed E-state index contributed by atoms with van der Waals surface area (Å²) in [5.41, 5.74) is 5.20. The summed E-state index contributed by atoms with van der Waals surface area (Å²) in [4.78, 5) is 4.78. The van der Waals surface area contributed by atoms with Gasteiger partial charge in [0.15, 0.2) is 0 Å². The molecule has 0 fully saturated rings. The highest BCUT2D eigenvalue weighted by atomic mass is 32.2. The zero-order valence-electron chi connectivity index (χ0n) is 5.09. The van der Waals surface area contributed by atoms with Gasteiger partial charge in [0, 0.05) is 24.4 Å². The van der Waals surface area contributed by atoms with Crippen LogP contribution in [0.25, 0.3) is 0 Å². The Morgan fingerprint density at radius 2 is 2.38 bits per heavy atom. The molecule has 3 heteroatoms. The smallest absolute Gasteiger partial charge is 0.0403 e. The zero-order chi connectivity index (χ0) is 6.41. The summed E-state index contributed by atoms with van der Waals surface area (Å²) in [6, 6.07) is 0. The summed E-state index contributed by atoms with van der Waals surface area (Å²) in [6.07, 6.45) is 5.22. The van der Waals surface area contributed by atoms with Gasteiger partial charge in [0.2, 0.25) is 0 Å². The van der Waals surface area contributed by atoms with E-state index < -0.39 is 0 Å². The monoisotopic (exact) mass is 130 g/mol. The Balaban J connectivity index is 3.72. The predicted octanol–water partition coefficient (Wildman–Crippen LogP) is 0.850. The molecule has 0 aliphatic rings. The zero-order valence-corrected chi connectivity index (χ0v) is 5.90. The fraction of sp³-hybridized carbons (Fsp3) is 0.400. The van der Waals surface area contributed by atoms with E-state index in [9.17, 15) is 0 Å². The Hall–Kier alpha value is -0.440. The Bertz CT molecular complexity index is 104. The van der Waals surface area contributed by atoms with Gasteiger partial charge in [-0.3, -0.25) is 4.99 Å². The summed E-state index contributed by atoms with van der Waals surface area (Å²) in [7, 11) is 1.72. The van der Waals surface area contributed by atoms with Gasteiger partial charge in [-0.1, -0.05) is 0 Å². The van der Waals surface area contributed by atoms with E-state index in [4.69, 9.17) is 5.73 Å². The lowest BCUT2D eigenvalue weighted by Crippen LogP contribution is -1.84. The highest BCUT2D eigenvalue weighted by Crippen LogP contribution is 2.04. The average molecular weight is 130 g/mol. The number of hydrogen-bond acceptors (Lipinski definition) is 3. The van der Waals surface area contributed by atoms with Crippen molar-refractivity contribution < 1.29 is 0 Å². The Morgan fingerprint density at radius 3 is 2.50 bits per heavy atom. The molecule has 0 rings (SSSR count). The molecule has 0 heterocycles. The summed E-state index contributed by atoms with van der Waals surface area (Å²) in [6.45, 7) is 0. The molecule has 0 saturated carbocycles. The van der Waals surface area contributed by atoms with Crippen molar-refractivity contribution in [3.63, 3.8) is 0 Å². The number of nitrogens with zero attached hydrogens (tertiary/aromatic N) is 1. The topological polar surface area (TPSA) is 38.4 Å². The van der Waals surface area contributed by atoms with Crippen molar-refractivity contribution in [1.29, 1.82) is 0 Å². The fourth-order valence-electron chi connectivity index (χ4n) is 0.291. The van der Waals surface area contributed by atoms with Crippen LogP contribution < -0.4 is 5.73 Å². The van der Waals surface area contributed by atoms with Crippen LogP contribution in [0.3, 0.4) is 0 Å². The van der Waals surface area contributed by atoms with Crippen LogP contribution in [0.4, 0.5) is 0 Å². The molecule has 0 aromatic carbocycles. The van der Waals surface area contributed by atoms with Crippen molar-refractivity contribution in [2.24, 2.45) is 10.7 Å². The third kappa shape index (κ3) is 2.69. The first kappa shape index (κ1) is 7.56. The van der Waals surface area contributed by atoms with Crippen LogP contribution in [0.2, 0.25) is 0 Å². The van der Waals surface area contributed by atoms with E-state index >= 15 is 0 Å². The van der Waals surface area contributed by atoms with Gasteiger partial charge in [0.1, 0.15) is 0 Å². The van der Waals surface area contributed by atoms with Crippen LogP contribution in [0.5, 0.6) is 0 Å². The third-order valence-electron chi connectivity index (χ3n) is 0.656. The van der Waals surface area contributed by atoms with E-state index in [1.165, 1.54) is 6.20 Å². The van der Waals surface area contributed by atoms with Crippen LogP contribution in [0, 0.1) is 0 Å². The molecule has 0 aromatic rings. The maximum absolute atomic E-state index is 5.20. The number of thioether (sulfide) groups is 1. The number of hydrogen-bond donors (Lipinski definition) is 1. The Labute approximate surface area is 53.9 Å². The van der Waals surface area contributed by atoms with Crippen molar-refractivity contribution in [2.45, 2.75) is 0 Å². The molecule has 0 unspecified atom stereocenters. The van der Waals surface area contributed by atoms with Gasteiger partial charge in [0.25, 0.3) is 0 Å². The van der Waals surface area contributed by atoms with Gasteiger partial charge in [-0.05, 0) is 6.26 Å². The highest BCUT2D eigenvalue weighted by Gasteiger charge is 1.82. The second-order valence-corrected chi connectivity index (χ2v) is 2.04. The van der Waals surface area contributed by atoms with Crippen LogP contribution in [0.1, 0.15) is 0 Å². The minimum absolute atomic E-state index is 0.993. The van der Waals surface area contributed by atoms with E-state index in [-0.39, 0.29) is 0 Å². The molecule has 2 N–H and O–H groups in total. The lowest BCUT2D eigenvalue weighted by molar-refractivity contribution is 1.47. The summed E-state index contributed by atoms with van der Waals surface area (Å²) in [5.74, 6) is 0. The Kier molecular flexibility index (Phi) is 4.45. The summed E-state index contributed by atoms with van der Waals surface area (Å²) >= 11 is 1.58. The molecule has 0 aliphatic heterocycles. The molecular weight excluding hydrogens is 120 g/mol. The molecule has 0 atom stereocenters. The molecule has 0 bridgehead atoms. The van der Waals surface area contributed by atoms with Crippen molar-refractivity contribution in [3.8, 4) is 0 Å². The van der Waals surface area contributed by atoms with E-state index in [2.05, 4.69) is 4.99 Å². The maximum atomic E-state index is 5.20. The molecule has 2 nitrogen and oxygen atoms in total. The van der Waals surface area contributed by atoms with Crippen molar-refractivity contribution in [3.05, 3.63) is 11.1 Å². The van der Waals surface area contributed by atoms with E-state index in [1.807, 2.05) is 6.26 Å². The quantitative estimate of drug-likeness (QED) is 0.563. The molecule has 0 radical (unpaired) electrons. The molecular formula is C5H10N2S. The first-order valence-electron chi connectivity index (χ1n) is 2.23. The van der Waals surface area contributed by atoms with E-state index in [1.54, 1.807) is 25.0 Å². The van der Waals surface area contributed by atoms with E-state index in [0.717, 1.165) is 4.91 Å². The normalized spacial score (nSPS) is 13.0. The molecule has 0 aromatic heterocycles. The number of nitrogens with two attached hydrogens (primary N) is 1. The minimum Gasteiger partial charge on any atom is -0.404 e. The van der Waals surface area contributed by atoms with Crippen LogP contribution >= 0.6 is 11.8 Å². The third-order valence-corrected chi connectivity index (χ3v) is 1.37. The molecule has 46 valence electrons. The molecule has 0 aliphatic carbocycles. The predicted molar refractivity (Wildman–Crippen MR) is 40.2 cm³/mol. The fourth-order valence-corrected chi connectivity index (χ4v) is 0.638. The number of rotatable bonds is 2. The molecule has 8 heavy (non-hydrogen) atoms. The van der Waals surface area contributed by atoms with Crippen LogP contribution in [0.15, 0.2) is 16.1 Å². The van der Waals surface area contributed by atoms with Gasteiger partial charge >= 0.3 is 0 Å². The lowest BCUT2D eigenvalue weighted by atomic mass is 10.6. The van der Waals surface area contributed by atoms with Gasteiger partial charge in [-0.15, -0.1) is 11.8 Å². The molecule has 0 saturated heterocycles. The van der Waals surface area contributed by atoms with Gasteiger partial charge < -0.3 is 5.73 Å². The summed E-state index contributed by atoms with van der Waals surface area (Å²) in [5, 5.41) is 0. The highest BCUT2D eigenvalue weighted by molar-refractivity contribution is 8.03. The second-order valence-electron chi connectivity index (χ2n) is 1.16. The average Bonchev–Trinajstić information content (AvgIpc) is 1.83. The number of aliphatic imine (C=N–C) groups is 1. The van der Waals surface area contributed by atoms with Crippen LogP contribution in [-0.2, 0) is 0 Å². The lowest BCUT2D eigenvalue weighted by Gasteiger charge is -1.88. The molecule has 0 spiro atoms. The summed E-state index contributed by atoms with van der Waals surface area (Å²) < 4.78 is 0. The second kappa shape index (κ2) is 4.71. The first-order valence-corrected chi connectivity index (χ1v) is 3.45. The van der Waals surface area contributed by atoms with Gasteiger partial charge in [-0.2, -0.15) is 0 Å². The van der Waals surface area contributed by atoms with Crippen molar-refractivity contribution in [1.82, 2.24) is 0 Å². The molecule has 0 amide bonds. The Morgan fingerprint density at radius 1 is 1.75 bits per heavy atom. The van der Waals surface area contributed by atoms with Crippen LogP contribution in [-0.4, -0.2) is 19.5 Å². The SMILES string of the molecule is CN=C/C(=C\N)SC. The first-order chi connectivity index (χ1) is 3.85. The van der Waals surface area contributed by atoms with Crippen molar-refractivity contribution >= 4 is 18.0 Å². The maximum Gasteiger partial charge on any atom is 0.0403 e. The number of allylic oxidation sites excluding steroid dienone is 1. The standard InChI is InChI=1S/C5H10N2S/c1-7-4-5(3-6)8-2/h3-4H,6H2,1-2H3/b5-3+,7-4?. The van der Waals surface area contributed by atoms with Gasteiger partial charge in [-0.25, -0.2) is 0 Å². The van der Waals surface area contributed by atoms with E-state index in [0.29, 0.717) is 0 Å². The van der Waals surface area contributed by atoms with Gasteiger partial charge in [0.05, 0.1) is 0 Å². The van der Waals surface area contributed by atoms with Crippen molar-refractivity contribution in [2.75, 3.05) is 13.3 Å². The minimum atomic E-state index is 0.993.